The highest BCUT2D eigenvalue weighted by molar-refractivity contribution is 8.00. The fraction of sp³-hybridized carbons (Fsp3) is 0.429. The largest absolute Gasteiger partial charge is 0.477 e. The van der Waals surface area contributed by atoms with Gasteiger partial charge in [-0.15, -0.1) is 11.8 Å². The van der Waals surface area contributed by atoms with Gasteiger partial charge >= 0.3 is 0 Å². The minimum absolute atomic E-state index is 0.327. The van der Waals surface area contributed by atoms with Crippen molar-refractivity contribution < 1.29 is 25.2 Å². The lowest BCUT2D eigenvalue weighted by atomic mass is 10.0. The van der Waals surface area contributed by atoms with E-state index in [0.29, 0.717) is 17.2 Å². The molecule has 2 aromatic carbocycles. The molecule has 4 N–H and O–H groups in total. The molecule has 1 fully saturated rings. The molecular formula is C21H25ClO5S. The maximum absolute atomic E-state index is 10.3. The number of aryl methyl sites for hydroxylation is 1. The van der Waals surface area contributed by atoms with Crippen LogP contribution in [-0.4, -0.2) is 56.0 Å². The zero-order valence-electron chi connectivity index (χ0n) is 15.5. The Balaban J connectivity index is 1.81. The van der Waals surface area contributed by atoms with Crippen LogP contribution in [0.2, 0.25) is 5.02 Å². The third kappa shape index (κ3) is 4.82. The summed E-state index contributed by atoms with van der Waals surface area (Å²) < 4.78 is 5.99. The lowest BCUT2D eigenvalue weighted by Gasteiger charge is -2.39. The summed E-state index contributed by atoms with van der Waals surface area (Å²) >= 11 is 7.28. The normalized spacial score (nSPS) is 27.6. The van der Waals surface area contributed by atoms with Crippen LogP contribution in [0.25, 0.3) is 0 Å². The van der Waals surface area contributed by atoms with Gasteiger partial charge in [0.05, 0.1) is 18.0 Å². The Labute approximate surface area is 173 Å². The Bertz CT molecular complexity index is 783. The number of ether oxygens (including phenoxy) is 1. The van der Waals surface area contributed by atoms with E-state index in [2.05, 4.69) is 31.2 Å². The van der Waals surface area contributed by atoms with Crippen molar-refractivity contribution in [2.24, 2.45) is 0 Å². The molecule has 0 saturated carbocycles. The lowest BCUT2D eigenvalue weighted by Crippen LogP contribution is -2.55. The van der Waals surface area contributed by atoms with Gasteiger partial charge in [-0.3, -0.25) is 0 Å². The fourth-order valence-corrected chi connectivity index (χ4v) is 4.63. The molecule has 1 heterocycles. The van der Waals surface area contributed by atoms with E-state index in [4.69, 9.17) is 16.3 Å². The highest BCUT2D eigenvalue weighted by Gasteiger charge is 2.44. The van der Waals surface area contributed by atoms with Crippen LogP contribution in [-0.2, 0) is 12.8 Å². The average molecular weight is 425 g/mol. The predicted molar refractivity (Wildman–Crippen MR) is 111 cm³/mol. The topological polar surface area (TPSA) is 90.2 Å². The zero-order chi connectivity index (χ0) is 20.3. The summed E-state index contributed by atoms with van der Waals surface area (Å²) in [6.45, 7) is 1.78. The van der Waals surface area contributed by atoms with E-state index in [9.17, 15) is 20.4 Å². The molecule has 5 atom stereocenters. The maximum atomic E-state index is 10.3. The molecule has 152 valence electrons. The number of halogens is 1. The molecule has 1 aliphatic rings. The van der Waals surface area contributed by atoms with Gasteiger partial charge < -0.3 is 25.2 Å². The number of thioether (sulfide) groups is 1. The molecule has 0 aliphatic carbocycles. The second kappa shape index (κ2) is 9.48. The van der Waals surface area contributed by atoms with Crippen LogP contribution in [0, 0.1) is 0 Å². The standard InChI is InChI=1S/C21H25ClO5S/c1-2-12-3-5-13(6-4-12)9-14-10-15(22)7-8-16(14)27-21-20(26)19(25)18(24)17(11-23)28-21/h3-8,10,17-21,23-26H,2,9,11H2,1H3. The first-order chi connectivity index (χ1) is 13.4. The summed E-state index contributed by atoms with van der Waals surface area (Å²) in [5.74, 6) is 0.542. The van der Waals surface area contributed by atoms with Crippen LogP contribution in [0.5, 0.6) is 5.75 Å². The first-order valence-corrected chi connectivity index (χ1v) is 10.6. The van der Waals surface area contributed by atoms with Crippen molar-refractivity contribution in [3.63, 3.8) is 0 Å². The van der Waals surface area contributed by atoms with E-state index in [1.54, 1.807) is 12.1 Å². The van der Waals surface area contributed by atoms with Gasteiger partial charge in [0.25, 0.3) is 0 Å². The van der Waals surface area contributed by atoms with E-state index < -0.39 is 29.0 Å². The van der Waals surface area contributed by atoms with Gasteiger partial charge in [0.1, 0.15) is 18.0 Å². The molecule has 2 aromatic rings. The summed E-state index contributed by atoms with van der Waals surface area (Å²) in [6.07, 6.45) is -2.31. The van der Waals surface area contributed by atoms with Crippen LogP contribution in [0.1, 0.15) is 23.6 Å². The van der Waals surface area contributed by atoms with Gasteiger partial charge in [-0.25, -0.2) is 0 Å². The first kappa shape index (κ1) is 21.4. The zero-order valence-corrected chi connectivity index (χ0v) is 17.1. The van der Waals surface area contributed by atoms with Gasteiger partial charge in [0.15, 0.2) is 5.44 Å². The number of aliphatic hydroxyl groups is 4. The molecule has 0 radical (unpaired) electrons. The minimum Gasteiger partial charge on any atom is -0.477 e. The fourth-order valence-electron chi connectivity index (χ4n) is 3.20. The Morgan fingerprint density at radius 1 is 0.964 bits per heavy atom. The van der Waals surface area contributed by atoms with E-state index in [-0.39, 0.29) is 6.61 Å². The molecule has 0 aromatic heterocycles. The summed E-state index contributed by atoms with van der Waals surface area (Å²) in [5.41, 5.74) is 2.39. The van der Waals surface area contributed by atoms with Gasteiger partial charge in [0.2, 0.25) is 0 Å². The number of hydrogen-bond acceptors (Lipinski definition) is 6. The summed E-state index contributed by atoms with van der Waals surface area (Å²) in [7, 11) is 0. The van der Waals surface area contributed by atoms with Crippen molar-refractivity contribution >= 4 is 23.4 Å². The van der Waals surface area contributed by atoms with Crippen molar-refractivity contribution in [3.8, 4) is 5.75 Å². The van der Waals surface area contributed by atoms with E-state index in [0.717, 1.165) is 29.3 Å². The monoisotopic (exact) mass is 424 g/mol. The summed E-state index contributed by atoms with van der Waals surface area (Å²) in [4.78, 5) is 0. The molecule has 5 nitrogen and oxygen atoms in total. The highest BCUT2D eigenvalue weighted by atomic mass is 35.5. The van der Waals surface area contributed by atoms with Crippen LogP contribution in [0.4, 0.5) is 0 Å². The van der Waals surface area contributed by atoms with E-state index in [1.807, 2.05) is 6.07 Å². The summed E-state index contributed by atoms with van der Waals surface area (Å²) in [6, 6.07) is 13.6. The van der Waals surface area contributed by atoms with Crippen molar-refractivity contribution in [3.05, 3.63) is 64.2 Å². The first-order valence-electron chi connectivity index (χ1n) is 9.26. The number of aliphatic hydroxyl groups excluding tert-OH is 4. The molecule has 0 bridgehead atoms. The second-order valence-corrected chi connectivity index (χ2v) is 8.69. The molecular weight excluding hydrogens is 400 g/mol. The van der Waals surface area contributed by atoms with Crippen LogP contribution in [0.15, 0.2) is 42.5 Å². The van der Waals surface area contributed by atoms with Gasteiger partial charge in [-0.2, -0.15) is 0 Å². The van der Waals surface area contributed by atoms with Gasteiger partial charge in [0, 0.05) is 17.0 Å². The van der Waals surface area contributed by atoms with Gasteiger partial charge in [-0.05, 0) is 35.7 Å². The van der Waals surface area contributed by atoms with Gasteiger partial charge in [-0.1, -0.05) is 42.8 Å². The molecule has 5 unspecified atom stereocenters. The quantitative estimate of drug-likeness (QED) is 0.569. The Morgan fingerprint density at radius 2 is 1.64 bits per heavy atom. The average Bonchev–Trinajstić information content (AvgIpc) is 2.70. The van der Waals surface area contributed by atoms with Crippen LogP contribution >= 0.6 is 23.4 Å². The summed E-state index contributed by atoms with van der Waals surface area (Å²) in [5, 5.41) is 39.7. The predicted octanol–water partition coefficient (Wildman–Crippen LogP) is 2.39. The van der Waals surface area contributed by atoms with Crippen LogP contribution < -0.4 is 4.74 Å². The van der Waals surface area contributed by atoms with Crippen molar-refractivity contribution in [1.29, 1.82) is 0 Å². The number of rotatable bonds is 6. The van der Waals surface area contributed by atoms with Crippen molar-refractivity contribution in [1.82, 2.24) is 0 Å². The lowest BCUT2D eigenvalue weighted by molar-refractivity contribution is -0.0910. The number of benzene rings is 2. The van der Waals surface area contributed by atoms with Crippen LogP contribution in [0.3, 0.4) is 0 Å². The third-order valence-corrected chi connectivity index (χ3v) is 6.60. The van der Waals surface area contributed by atoms with E-state index >= 15 is 0 Å². The molecule has 0 spiro atoms. The van der Waals surface area contributed by atoms with Crippen molar-refractivity contribution in [2.45, 2.75) is 48.8 Å². The molecule has 7 heteroatoms. The van der Waals surface area contributed by atoms with Crippen molar-refractivity contribution in [2.75, 3.05) is 6.61 Å². The Hall–Kier alpha value is -1.28. The smallest absolute Gasteiger partial charge is 0.173 e. The number of hydrogen-bond donors (Lipinski definition) is 4. The molecule has 3 rings (SSSR count). The SMILES string of the molecule is CCc1ccc(Cc2cc(Cl)ccc2OC2SC(CO)C(O)C(O)C2O)cc1. The molecule has 28 heavy (non-hydrogen) atoms. The Morgan fingerprint density at radius 3 is 2.29 bits per heavy atom. The molecule has 1 saturated heterocycles. The highest BCUT2D eigenvalue weighted by Crippen LogP contribution is 2.36. The third-order valence-electron chi connectivity index (χ3n) is 4.94. The molecule has 0 amide bonds. The molecule has 1 aliphatic heterocycles. The minimum atomic E-state index is -1.39. The Kier molecular flexibility index (Phi) is 7.25. The van der Waals surface area contributed by atoms with E-state index in [1.165, 1.54) is 5.56 Å². The maximum Gasteiger partial charge on any atom is 0.173 e. The second-order valence-electron chi connectivity index (χ2n) is 6.91.